The lowest BCUT2D eigenvalue weighted by atomic mass is 10.0. The number of halogens is 3. The quantitative estimate of drug-likeness (QED) is 0.363. The third-order valence-corrected chi connectivity index (χ3v) is 8.60. The second-order valence-corrected chi connectivity index (χ2v) is 11.6. The highest BCUT2D eigenvalue weighted by Gasteiger charge is 2.30. The number of pyridine rings is 1. The molecule has 4 aromatic rings. The second kappa shape index (κ2) is 9.85. The molecular weight excluding hydrogens is 529 g/mol. The van der Waals surface area contributed by atoms with Crippen molar-refractivity contribution in [1.82, 2.24) is 18.8 Å². The first-order valence-corrected chi connectivity index (χ1v) is 14.3. The number of imidazole rings is 1. The zero-order valence-corrected chi connectivity index (χ0v) is 21.8. The van der Waals surface area contributed by atoms with Crippen molar-refractivity contribution in [3.05, 3.63) is 71.9 Å². The molecule has 4 heterocycles. The molecule has 0 aliphatic carbocycles. The number of para-hydroxylation sites is 1. The summed E-state index contributed by atoms with van der Waals surface area (Å²) in [7, 11) is -2.73. The molecule has 0 amide bonds. The van der Waals surface area contributed by atoms with Crippen LogP contribution in [0, 0.1) is 5.82 Å². The number of ether oxygens (including phenoxy) is 1. The SMILES string of the molecule is C=S(N)(=O)N1CCN(c2ccc(-c3cc4c(cc3F)nc3n4C(c4ccccc4OC(F)F)CC3)cn2)CC1. The van der Waals surface area contributed by atoms with Gasteiger partial charge in [-0.15, -0.1) is 0 Å². The number of aromatic nitrogens is 3. The number of hydrogen-bond acceptors (Lipinski definition) is 5. The summed E-state index contributed by atoms with van der Waals surface area (Å²) in [6.45, 7) is -0.733. The van der Waals surface area contributed by atoms with Crippen LogP contribution >= 0.6 is 0 Å². The van der Waals surface area contributed by atoms with Gasteiger partial charge in [0.15, 0.2) is 0 Å². The van der Waals surface area contributed by atoms with E-state index in [0.29, 0.717) is 61.2 Å². The van der Waals surface area contributed by atoms with Gasteiger partial charge in [-0.05, 0) is 36.6 Å². The van der Waals surface area contributed by atoms with Crippen LogP contribution < -0.4 is 14.8 Å². The Hall–Kier alpha value is -3.61. The molecule has 1 fully saturated rings. The van der Waals surface area contributed by atoms with Crippen LogP contribution in [0.4, 0.5) is 19.0 Å². The zero-order valence-electron chi connectivity index (χ0n) is 21.0. The number of fused-ring (bicyclic) bond motifs is 3. The van der Waals surface area contributed by atoms with Crippen molar-refractivity contribution >= 4 is 32.6 Å². The largest absolute Gasteiger partial charge is 0.434 e. The van der Waals surface area contributed by atoms with Crippen molar-refractivity contribution in [3.63, 3.8) is 0 Å². The summed E-state index contributed by atoms with van der Waals surface area (Å²) in [6.07, 6.45) is 2.94. The van der Waals surface area contributed by atoms with E-state index in [0.717, 1.165) is 17.2 Å². The minimum atomic E-state index is -2.93. The van der Waals surface area contributed by atoms with Crippen LogP contribution in [0.5, 0.6) is 5.75 Å². The molecule has 204 valence electrons. The van der Waals surface area contributed by atoms with Gasteiger partial charge in [-0.2, -0.15) is 8.78 Å². The summed E-state index contributed by atoms with van der Waals surface area (Å²) in [6, 6.07) is 13.3. The summed E-state index contributed by atoms with van der Waals surface area (Å²) in [5.74, 6) is 4.75. The Bertz CT molecular complexity index is 1630. The van der Waals surface area contributed by atoms with Crippen molar-refractivity contribution < 1.29 is 22.1 Å². The molecule has 2 aromatic carbocycles. The summed E-state index contributed by atoms with van der Waals surface area (Å²) in [4.78, 5) is 11.2. The normalized spacial score (nSPS) is 19.4. The van der Waals surface area contributed by atoms with Gasteiger partial charge in [-0.1, -0.05) is 18.2 Å². The van der Waals surface area contributed by atoms with Gasteiger partial charge in [-0.3, -0.25) is 0 Å². The number of benzene rings is 2. The molecule has 1 saturated heterocycles. The molecule has 0 radical (unpaired) electrons. The maximum Gasteiger partial charge on any atom is 0.387 e. The third kappa shape index (κ3) is 4.83. The maximum absolute atomic E-state index is 15.3. The van der Waals surface area contributed by atoms with E-state index in [9.17, 15) is 13.0 Å². The monoisotopic (exact) mass is 556 g/mol. The molecule has 39 heavy (non-hydrogen) atoms. The van der Waals surface area contributed by atoms with Crippen LogP contribution in [0.2, 0.25) is 0 Å². The van der Waals surface area contributed by atoms with Gasteiger partial charge in [0.1, 0.15) is 23.2 Å². The van der Waals surface area contributed by atoms with Crippen molar-refractivity contribution in [2.24, 2.45) is 5.14 Å². The molecule has 12 heteroatoms. The predicted octanol–water partition coefficient (Wildman–Crippen LogP) is 4.00. The summed E-state index contributed by atoms with van der Waals surface area (Å²) in [5, 5.41) is 5.66. The van der Waals surface area contributed by atoms with E-state index in [1.807, 2.05) is 16.7 Å². The van der Waals surface area contributed by atoms with Gasteiger partial charge in [0.2, 0.25) is 0 Å². The summed E-state index contributed by atoms with van der Waals surface area (Å²) >= 11 is 0. The fourth-order valence-corrected chi connectivity index (χ4v) is 6.30. The minimum Gasteiger partial charge on any atom is -0.434 e. The first-order valence-electron chi connectivity index (χ1n) is 12.5. The highest BCUT2D eigenvalue weighted by molar-refractivity contribution is 7.96. The molecule has 2 aliphatic rings. The predicted molar refractivity (Wildman–Crippen MR) is 146 cm³/mol. The van der Waals surface area contributed by atoms with E-state index in [1.54, 1.807) is 34.8 Å². The van der Waals surface area contributed by atoms with E-state index in [1.165, 1.54) is 12.1 Å². The first-order chi connectivity index (χ1) is 18.7. The Morgan fingerprint density at radius 2 is 1.87 bits per heavy atom. The van der Waals surface area contributed by atoms with Crippen molar-refractivity contribution in [3.8, 4) is 16.9 Å². The number of anilines is 1. The van der Waals surface area contributed by atoms with Gasteiger partial charge in [-0.25, -0.2) is 28.0 Å². The molecule has 2 unspecified atom stereocenters. The molecule has 2 aromatic heterocycles. The topological polar surface area (TPSA) is 89.5 Å². The standard InChI is InChI=1S/C27H27F3N6O2S/c1-39(31,37)35-12-10-34(11-13-35)25-8-6-17(16-32-25)19-14-23-21(15-20(19)28)33-26-9-7-22(36(23)26)18-4-2-3-5-24(18)38-27(29)30/h2-6,8,14-16,22,27H,1,7,9-13H2,(H2,31,37). The van der Waals surface area contributed by atoms with Crippen molar-refractivity contribution in [2.45, 2.75) is 25.5 Å². The highest BCUT2D eigenvalue weighted by atomic mass is 32.2. The lowest BCUT2D eigenvalue weighted by molar-refractivity contribution is -0.0506. The second-order valence-electron chi connectivity index (χ2n) is 9.70. The van der Waals surface area contributed by atoms with Crippen molar-refractivity contribution in [1.29, 1.82) is 0 Å². The fraction of sp³-hybridized carbons (Fsp3) is 0.296. The minimum absolute atomic E-state index is 0.124. The van der Waals surface area contributed by atoms with Crippen LogP contribution in [0.25, 0.3) is 22.2 Å². The number of hydrogen-bond donors (Lipinski definition) is 1. The van der Waals surface area contributed by atoms with Crippen molar-refractivity contribution in [2.75, 3.05) is 31.1 Å². The zero-order chi connectivity index (χ0) is 27.3. The Balaban J connectivity index is 1.31. The number of rotatable bonds is 6. The Morgan fingerprint density at radius 1 is 1.10 bits per heavy atom. The van der Waals surface area contributed by atoms with E-state index in [4.69, 9.17) is 9.88 Å². The average Bonchev–Trinajstić information content (AvgIpc) is 3.47. The number of nitrogens with zero attached hydrogens (tertiary/aromatic N) is 5. The lowest BCUT2D eigenvalue weighted by Crippen LogP contribution is -2.50. The third-order valence-electron chi connectivity index (χ3n) is 7.36. The molecule has 0 spiro atoms. The number of piperazine rings is 1. The summed E-state index contributed by atoms with van der Waals surface area (Å²) in [5.41, 5.74) is 2.84. The average molecular weight is 557 g/mol. The van der Waals surface area contributed by atoms with Crippen LogP contribution in [-0.2, 0) is 16.3 Å². The van der Waals surface area contributed by atoms with Gasteiger partial charge in [0.25, 0.3) is 0 Å². The molecule has 8 nitrogen and oxygen atoms in total. The molecule has 0 saturated carbocycles. The number of nitrogens with two attached hydrogens (primary N) is 1. The van der Waals surface area contributed by atoms with E-state index < -0.39 is 22.3 Å². The smallest absolute Gasteiger partial charge is 0.387 e. The van der Waals surface area contributed by atoms with E-state index in [-0.39, 0.29) is 11.8 Å². The van der Waals surface area contributed by atoms with E-state index >= 15 is 4.39 Å². The molecule has 6 rings (SSSR count). The molecule has 2 aliphatic heterocycles. The molecular formula is C27H27F3N6O2S. The number of aryl methyl sites for hydroxylation is 1. The van der Waals surface area contributed by atoms with Gasteiger partial charge in [0.05, 0.1) is 27.0 Å². The van der Waals surface area contributed by atoms with Crippen LogP contribution in [0.15, 0.2) is 54.7 Å². The van der Waals surface area contributed by atoms with Gasteiger partial charge < -0.3 is 14.2 Å². The summed E-state index contributed by atoms with van der Waals surface area (Å²) < 4.78 is 61.8. The van der Waals surface area contributed by atoms with Gasteiger partial charge in [0, 0.05) is 61.6 Å². The Labute approximate surface area is 224 Å². The van der Waals surface area contributed by atoms with Crippen LogP contribution in [0.1, 0.15) is 23.9 Å². The molecule has 2 atom stereocenters. The first kappa shape index (κ1) is 25.7. The molecule has 2 N–H and O–H groups in total. The maximum atomic E-state index is 15.3. The van der Waals surface area contributed by atoms with Crippen LogP contribution in [0.3, 0.4) is 0 Å². The fourth-order valence-electron chi connectivity index (χ4n) is 5.52. The van der Waals surface area contributed by atoms with Gasteiger partial charge >= 0.3 is 6.61 Å². The Kier molecular flexibility index (Phi) is 6.48. The Morgan fingerprint density at radius 3 is 2.56 bits per heavy atom. The molecule has 0 bridgehead atoms. The lowest BCUT2D eigenvalue weighted by Gasteiger charge is -2.35. The highest BCUT2D eigenvalue weighted by Crippen LogP contribution is 2.41. The number of alkyl halides is 2. The van der Waals surface area contributed by atoms with E-state index in [2.05, 4.69) is 20.7 Å². The van der Waals surface area contributed by atoms with Crippen LogP contribution in [-0.4, -0.2) is 61.7 Å².